The molecule has 0 aliphatic carbocycles. The van der Waals surface area contributed by atoms with Gasteiger partial charge in [-0.2, -0.15) is 5.10 Å². The van der Waals surface area contributed by atoms with Crippen molar-refractivity contribution >= 4 is 17.5 Å². The van der Waals surface area contributed by atoms with Gasteiger partial charge in [0.25, 0.3) is 5.91 Å². The summed E-state index contributed by atoms with van der Waals surface area (Å²) in [4.78, 5) is 12.2. The molecule has 1 N–H and O–H groups in total. The van der Waals surface area contributed by atoms with Crippen molar-refractivity contribution in [2.75, 3.05) is 0 Å². The number of aromatic nitrogens is 3. The van der Waals surface area contributed by atoms with Crippen LogP contribution in [0.3, 0.4) is 0 Å². The molecule has 118 valence electrons. The fraction of sp³-hybridized carbons (Fsp3) is 0.188. The highest BCUT2D eigenvalue weighted by Crippen LogP contribution is 2.21. The molecule has 2 heterocycles. The highest BCUT2D eigenvalue weighted by Gasteiger charge is 2.15. The maximum atomic E-state index is 12.2. The standard InChI is InChI=1S/C16H15ClN4O2/c1-10-3-5-11(6-4-10)15-7-13(20-23-15)16(22)18-9-14-12(17)8-19-21(14)2/h3-8H,9H2,1-2H3,(H,18,22). The summed E-state index contributed by atoms with van der Waals surface area (Å²) >= 11 is 6.00. The minimum atomic E-state index is -0.329. The fourth-order valence-electron chi connectivity index (χ4n) is 2.13. The predicted molar refractivity (Wildman–Crippen MR) is 86.1 cm³/mol. The Kier molecular flexibility index (Phi) is 4.16. The molecule has 0 aliphatic heterocycles. The molecule has 2 aromatic heterocycles. The number of carbonyl (C=O) groups excluding carboxylic acids is 1. The normalized spacial score (nSPS) is 10.7. The zero-order chi connectivity index (χ0) is 16.4. The summed E-state index contributed by atoms with van der Waals surface area (Å²) in [5.74, 6) is 0.220. The molecule has 6 nitrogen and oxygen atoms in total. The van der Waals surface area contributed by atoms with Crippen LogP contribution in [0.25, 0.3) is 11.3 Å². The number of nitrogens with one attached hydrogen (secondary N) is 1. The second-order valence-electron chi connectivity index (χ2n) is 5.19. The zero-order valence-corrected chi connectivity index (χ0v) is 13.5. The van der Waals surface area contributed by atoms with Crippen molar-refractivity contribution in [3.8, 4) is 11.3 Å². The first-order valence-electron chi connectivity index (χ1n) is 7.03. The van der Waals surface area contributed by atoms with Gasteiger partial charge in [0.2, 0.25) is 0 Å². The van der Waals surface area contributed by atoms with Gasteiger partial charge in [-0.25, -0.2) is 0 Å². The van der Waals surface area contributed by atoms with E-state index in [1.165, 1.54) is 6.20 Å². The lowest BCUT2D eigenvalue weighted by atomic mass is 10.1. The van der Waals surface area contributed by atoms with Crippen molar-refractivity contribution in [2.24, 2.45) is 7.05 Å². The van der Waals surface area contributed by atoms with Crippen molar-refractivity contribution in [3.63, 3.8) is 0 Å². The first-order valence-corrected chi connectivity index (χ1v) is 7.40. The molecule has 7 heteroatoms. The summed E-state index contributed by atoms with van der Waals surface area (Å²) in [6.07, 6.45) is 1.54. The van der Waals surface area contributed by atoms with Crippen LogP contribution < -0.4 is 5.32 Å². The van der Waals surface area contributed by atoms with Crippen LogP contribution in [0.2, 0.25) is 5.02 Å². The van der Waals surface area contributed by atoms with Crippen LogP contribution in [0.5, 0.6) is 0 Å². The van der Waals surface area contributed by atoms with Gasteiger partial charge in [-0.3, -0.25) is 9.48 Å². The summed E-state index contributed by atoms with van der Waals surface area (Å²) in [5.41, 5.74) is 2.97. The van der Waals surface area contributed by atoms with Gasteiger partial charge in [0.05, 0.1) is 23.5 Å². The Morgan fingerprint density at radius 1 is 1.35 bits per heavy atom. The molecule has 1 amide bonds. The molecule has 3 aromatic rings. The van der Waals surface area contributed by atoms with E-state index in [0.29, 0.717) is 10.8 Å². The summed E-state index contributed by atoms with van der Waals surface area (Å²) < 4.78 is 6.86. The molecule has 0 aliphatic rings. The third-order valence-corrected chi connectivity index (χ3v) is 3.82. The molecule has 0 atom stereocenters. The molecule has 0 bridgehead atoms. The molecule has 0 fully saturated rings. The molecule has 0 unspecified atom stereocenters. The Morgan fingerprint density at radius 2 is 2.09 bits per heavy atom. The van der Waals surface area contributed by atoms with E-state index in [9.17, 15) is 4.79 Å². The van der Waals surface area contributed by atoms with Crippen LogP contribution in [0, 0.1) is 6.92 Å². The van der Waals surface area contributed by atoms with Crippen LogP contribution in [0.15, 0.2) is 41.1 Å². The number of amides is 1. The Bertz CT molecular complexity index is 817. The molecule has 1 aromatic carbocycles. The van der Waals surface area contributed by atoms with Crippen molar-refractivity contribution in [3.05, 3.63) is 58.5 Å². The Balaban J connectivity index is 1.70. The number of nitrogens with zero attached hydrogens (tertiary/aromatic N) is 3. The van der Waals surface area contributed by atoms with Crippen molar-refractivity contribution < 1.29 is 9.32 Å². The lowest BCUT2D eigenvalue weighted by Gasteiger charge is -2.04. The third-order valence-electron chi connectivity index (χ3n) is 3.51. The lowest BCUT2D eigenvalue weighted by Crippen LogP contribution is -2.24. The van der Waals surface area contributed by atoms with Gasteiger partial charge in [0.1, 0.15) is 0 Å². The Hall–Kier alpha value is -2.60. The molecule has 0 radical (unpaired) electrons. The average molecular weight is 331 g/mol. The van der Waals surface area contributed by atoms with Crippen molar-refractivity contribution in [2.45, 2.75) is 13.5 Å². The van der Waals surface area contributed by atoms with E-state index in [2.05, 4.69) is 15.6 Å². The molecule has 0 saturated carbocycles. The average Bonchev–Trinajstić information content (AvgIpc) is 3.14. The number of rotatable bonds is 4. The number of hydrogen-bond donors (Lipinski definition) is 1. The highest BCUT2D eigenvalue weighted by molar-refractivity contribution is 6.31. The van der Waals surface area contributed by atoms with Gasteiger partial charge in [0.15, 0.2) is 11.5 Å². The number of hydrogen-bond acceptors (Lipinski definition) is 4. The van der Waals surface area contributed by atoms with E-state index in [0.717, 1.165) is 16.8 Å². The molecule has 0 spiro atoms. The lowest BCUT2D eigenvalue weighted by molar-refractivity contribution is 0.0941. The third kappa shape index (κ3) is 3.27. The summed E-state index contributed by atoms with van der Waals surface area (Å²) in [5, 5.41) is 11.1. The maximum Gasteiger partial charge on any atom is 0.273 e. The van der Waals surface area contributed by atoms with Crippen molar-refractivity contribution in [1.82, 2.24) is 20.3 Å². The van der Waals surface area contributed by atoms with E-state index in [4.69, 9.17) is 16.1 Å². The van der Waals surface area contributed by atoms with E-state index in [-0.39, 0.29) is 18.1 Å². The summed E-state index contributed by atoms with van der Waals surface area (Å²) in [6, 6.07) is 9.41. The molecule has 3 rings (SSSR count). The first-order chi connectivity index (χ1) is 11.0. The second-order valence-corrected chi connectivity index (χ2v) is 5.60. The SMILES string of the molecule is Cc1ccc(-c2cc(C(=O)NCc3c(Cl)cnn3C)no2)cc1. The highest BCUT2D eigenvalue weighted by atomic mass is 35.5. The quantitative estimate of drug-likeness (QED) is 0.798. The fourth-order valence-corrected chi connectivity index (χ4v) is 2.36. The van der Waals surface area contributed by atoms with Gasteiger partial charge in [-0.15, -0.1) is 0 Å². The molecular formula is C16H15ClN4O2. The molecule has 0 saturated heterocycles. The van der Waals surface area contributed by atoms with Crippen LogP contribution in [0.1, 0.15) is 21.7 Å². The Labute approximate surface area is 138 Å². The summed E-state index contributed by atoms with van der Waals surface area (Å²) in [6.45, 7) is 2.27. The Morgan fingerprint density at radius 3 is 2.74 bits per heavy atom. The minimum absolute atomic E-state index is 0.221. The number of benzene rings is 1. The second kappa shape index (κ2) is 6.26. The molecular weight excluding hydrogens is 316 g/mol. The number of carbonyl (C=O) groups is 1. The summed E-state index contributed by atoms with van der Waals surface area (Å²) in [7, 11) is 1.76. The molecule has 23 heavy (non-hydrogen) atoms. The minimum Gasteiger partial charge on any atom is -0.355 e. The van der Waals surface area contributed by atoms with E-state index >= 15 is 0 Å². The van der Waals surface area contributed by atoms with Crippen molar-refractivity contribution in [1.29, 1.82) is 0 Å². The first kappa shape index (κ1) is 15.3. The smallest absolute Gasteiger partial charge is 0.273 e. The van der Waals surface area contributed by atoms with Gasteiger partial charge in [-0.05, 0) is 6.92 Å². The monoisotopic (exact) mass is 330 g/mol. The largest absolute Gasteiger partial charge is 0.355 e. The van der Waals surface area contributed by atoms with Gasteiger partial charge < -0.3 is 9.84 Å². The zero-order valence-electron chi connectivity index (χ0n) is 12.7. The van der Waals surface area contributed by atoms with Crippen LogP contribution >= 0.6 is 11.6 Å². The topological polar surface area (TPSA) is 73.0 Å². The number of halogens is 1. The number of aryl methyl sites for hydroxylation is 2. The van der Waals surface area contributed by atoms with Crippen LogP contribution in [-0.2, 0) is 13.6 Å². The maximum absolute atomic E-state index is 12.2. The van der Waals surface area contributed by atoms with Gasteiger partial charge in [0, 0.05) is 18.7 Å². The van der Waals surface area contributed by atoms with Gasteiger partial charge >= 0.3 is 0 Å². The van der Waals surface area contributed by atoms with Gasteiger partial charge in [-0.1, -0.05) is 46.6 Å². The van der Waals surface area contributed by atoms with Crippen LogP contribution in [0.4, 0.5) is 0 Å². The predicted octanol–water partition coefficient (Wildman–Crippen LogP) is 2.97. The van der Waals surface area contributed by atoms with E-state index in [1.54, 1.807) is 17.8 Å². The van der Waals surface area contributed by atoms with E-state index in [1.807, 2.05) is 31.2 Å². The van der Waals surface area contributed by atoms with Crippen LogP contribution in [-0.4, -0.2) is 20.8 Å². The van der Waals surface area contributed by atoms with E-state index < -0.39 is 0 Å².